The van der Waals surface area contributed by atoms with Crippen LogP contribution in [0.3, 0.4) is 0 Å². The van der Waals surface area contributed by atoms with Gasteiger partial charge in [0.25, 0.3) is 0 Å². The van der Waals surface area contributed by atoms with E-state index in [0.717, 1.165) is 63.5 Å². The number of likely N-dealkylation sites (N-methyl/N-ethyl adjacent to an activating group) is 1. The zero-order valence-corrected chi connectivity index (χ0v) is 18.4. The summed E-state index contributed by atoms with van der Waals surface area (Å²) in [5, 5.41) is 0. The third-order valence-electron chi connectivity index (χ3n) is 6.42. The smallest absolute Gasteiger partial charge is 0.238 e. The van der Waals surface area contributed by atoms with Gasteiger partial charge in [0.1, 0.15) is 5.41 Å². The molecule has 0 spiro atoms. The Bertz CT molecular complexity index is 742. The molecule has 164 valence electrons. The van der Waals surface area contributed by atoms with Crippen molar-refractivity contribution in [3.05, 3.63) is 71.8 Å². The van der Waals surface area contributed by atoms with Crippen LogP contribution in [-0.2, 0) is 14.9 Å². The average molecular weight is 433 g/mol. The van der Waals surface area contributed by atoms with Gasteiger partial charge in [-0.3, -0.25) is 9.69 Å². The van der Waals surface area contributed by atoms with Crippen LogP contribution >= 0.6 is 12.4 Å². The molecule has 2 heterocycles. The second-order valence-electron chi connectivity index (χ2n) is 7.82. The highest BCUT2D eigenvalue weighted by atomic mass is 35.5. The third kappa shape index (κ3) is 4.40. The summed E-state index contributed by atoms with van der Waals surface area (Å²) in [6.07, 6.45) is 1.01. The molecule has 2 saturated heterocycles. The van der Waals surface area contributed by atoms with Gasteiger partial charge in [0.05, 0.1) is 13.2 Å². The highest BCUT2D eigenvalue weighted by Gasteiger charge is 2.55. The Morgan fingerprint density at radius 3 is 2.00 bits per heavy atom. The molecule has 2 aromatic carbocycles. The fraction of sp³-hybridized carbons (Fsp3) is 0.458. The van der Waals surface area contributed by atoms with Gasteiger partial charge in [0, 0.05) is 32.1 Å². The van der Waals surface area contributed by atoms with E-state index in [-0.39, 0.29) is 29.7 Å². The lowest BCUT2D eigenvalue weighted by atomic mass is 9.66. The molecule has 2 fully saturated rings. The van der Waals surface area contributed by atoms with Crippen LogP contribution in [-0.4, -0.2) is 67.1 Å². The maximum Gasteiger partial charge on any atom is 0.238 e. The Balaban J connectivity index is 0.00000160. The summed E-state index contributed by atoms with van der Waals surface area (Å²) in [6.45, 7) is 8.28. The highest BCUT2D eigenvalue weighted by Crippen LogP contribution is 2.47. The lowest BCUT2D eigenvalue weighted by Gasteiger charge is -2.36. The summed E-state index contributed by atoms with van der Waals surface area (Å²) >= 11 is 0. The van der Waals surface area contributed by atoms with E-state index in [1.54, 1.807) is 0 Å². The Labute approximate surface area is 185 Å². The van der Waals surface area contributed by atoms with Crippen LogP contribution in [0.5, 0.6) is 0 Å². The Morgan fingerprint density at radius 2 is 1.50 bits per heavy atom. The minimum absolute atomic E-state index is 0. The van der Waals surface area contributed by atoms with E-state index in [2.05, 4.69) is 60.4 Å². The molecule has 1 amide bonds. The number of carbonyl (C=O) groups excluding carboxylic acids is 1. The number of likely N-dealkylation sites (tertiary alicyclic amines) is 1. The molecule has 0 bridgehead atoms. The second-order valence-corrected chi connectivity index (χ2v) is 7.82. The van der Waals surface area contributed by atoms with Gasteiger partial charge in [-0.15, -0.1) is 12.4 Å². The standard InChI is InChI=1S/C24H30N2O2.ClH.H2O/c1-2-26-19-22(13-14-25-15-17-28-18-16-25)24(23(26)27,20-9-5-3-6-10-20)21-11-7-4-8-12-21;;/h3-12,22H,2,13-19H2,1H3;1H;1H2/t22-;;/m1../s1. The first-order chi connectivity index (χ1) is 13.8. The molecule has 2 aliphatic rings. The largest absolute Gasteiger partial charge is 0.412 e. The van der Waals surface area contributed by atoms with Crippen molar-refractivity contribution in [2.24, 2.45) is 5.92 Å². The van der Waals surface area contributed by atoms with Crippen molar-refractivity contribution in [2.75, 3.05) is 45.9 Å². The third-order valence-corrected chi connectivity index (χ3v) is 6.42. The lowest BCUT2D eigenvalue weighted by molar-refractivity contribution is -0.131. The van der Waals surface area contributed by atoms with Crippen LogP contribution in [0.15, 0.2) is 60.7 Å². The number of nitrogens with zero attached hydrogens (tertiary/aromatic N) is 2. The second kappa shape index (κ2) is 10.9. The topological polar surface area (TPSA) is 64.3 Å². The van der Waals surface area contributed by atoms with Crippen LogP contribution < -0.4 is 0 Å². The molecular weight excluding hydrogens is 400 g/mol. The number of ether oxygens (including phenoxy) is 1. The molecule has 30 heavy (non-hydrogen) atoms. The summed E-state index contributed by atoms with van der Waals surface area (Å²) in [7, 11) is 0. The van der Waals surface area contributed by atoms with Gasteiger partial charge in [-0.05, 0) is 31.0 Å². The van der Waals surface area contributed by atoms with Crippen molar-refractivity contribution in [1.82, 2.24) is 9.80 Å². The van der Waals surface area contributed by atoms with Crippen LogP contribution in [0.1, 0.15) is 24.5 Å². The van der Waals surface area contributed by atoms with E-state index < -0.39 is 5.41 Å². The van der Waals surface area contributed by atoms with Crippen LogP contribution in [0, 0.1) is 5.92 Å². The highest BCUT2D eigenvalue weighted by molar-refractivity contribution is 5.94. The summed E-state index contributed by atoms with van der Waals surface area (Å²) < 4.78 is 5.50. The van der Waals surface area contributed by atoms with E-state index in [4.69, 9.17) is 4.74 Å². The van der Waals surface area contributed by atoms with Gasteiger partial charge in [-0.2, -0.15) is 0 Å². The van der Waals surface area contributed by atoms with Crippen LogP contribution in [0.25, 0.3) is 0 Å². The minimum atomic E-state index is -0.592. The first-order valence-corrected chi connectivity index (χ1v) is 10.5. The molecular formula is C24H33ClN2O3. The molecule has 5 nitrogen and oxygen atoms in total. The van der Waals surface area contributed by atoms with Gasteiger partial charge in [-0.25, -0.2) is 0 Å². The molecule has 6 heteroatoms. The molecule has 0 radical (unpaired) electrons. The SMILES string of the molecule is CCN1C[C@@H](CCN2CCOCC2)C(c2ccccc2)(c2ccccc2)C1=O.Cl.O. The first kappa shape index (κ1) is 24.4. The molecule has 0 aliphatic carbocycles. The molecule has 0 saturated carbocycles. The predicted molar refractivity (Wildman–Crippen MR) is 122 cm³/mol. The molecule has 1 atom stereocenters. The minimum Gasteiger partial charge on any atom is -0.412 e. The van der Waals surface area contributed by atoms with Gasteiger partial charge in [0.15, 0.2) is 0 Å². The summed E-state index contributed by atoms with van der Waals surface area (Å²) in [5.41, 5.74) is 1.65. The Kier molecular flexibility index (Phi) is 8.86. The maximum absolute atomic E-state index is 13.8. The van der Waals surface area contributed by atoms with Crippen LogP contribution in [0.4, 0.5) is 0 Å². The number of hydrogen-bond donors (Lipinski definition) is 0. The lowest BCUT2D eigenvalue weighted by Crippen LogP contribution is -2.43. The van der Waals surface area contributed by atoms with Crippen molar-refractivity contribution in [3.63, 3.8) is 0 Å². The Morgan fingerprint density at radius 1 is 0.967 bits per heavy atom. The maximum atomic E-state index is 13.8. The number of rotatable bonds is 6. The summed E-state index contributed by atoms with van der Waals surface area (Å²) in [6, 6.07) is 20.8. The Hall–Kier alpha value is -1.92. The van der Waals surface area contributed by atoms with E-state index in [0.29, 0.717) is 0 Å². The van der Waals surface area contributed by atoms with E-state index in [1.807, 2.05) is 17.0 Å². The van der Waals surface area contributed by atoms with Gasteiger partial charge in [-0.1, -0.05) is 60.7 Å². The van der Waals surface area contributed by atoms with Crippen molar-refractivity contribution in [3.8, 4) is 0 Å². The van der Waals surface area contributed by atoms with Crippen LogP contribution in [0.2, 0.25) is 0 Å². The number of morpholine rings is 1. The molecule has 2 aromatic rings. The number of benzene rings is 2. The first-order valence-electron chi connectivity index (χ1n) is 10.5. The molecule has 2 aliphatic heterocycles. The van der Waals surface area contributed by atoms with Crippen molar-refractivity contribution < 1.29 is 15.0 Å². The monoisotopic (exact) mass is 432 g/mol. The van der Waals surface area contributed by atoms with Crippen molar-refractivity contribution >= 4 is 18.3 Å². The van der Waals surface area contributed by atoms with Crippen molar-refractivity contribution in [1.29, 1.82) is 0 Å². The van der Waals surface area contributed by atoms with Gasteiger partial charge >= 0.3 is 0 Å². The quantitative estimate of drug-likeness (QED) is 0.705. The molecule has 0 aromatic heterocycles. The fourth-order valence-corrected chi connectivity index (χ4v) is 4.94. The predicted octanol–water partition coefficient (Wildman–Crippen LogP) is 2.77. The number of carbonyl (C=O) groups is 1. The molecule has 4 rings (SSSR count). The molecule has 0 unspecified atom stereocenters. The normalized spacial score (nSPS) is 21.0. The zero-order chi connectivity index (χ0) is 19.4. The number of halogens is 1. The van der Waals surface area contributed by atoms with Gasteiger partial charge < -0.3 is 15.1 Å². The van der Waals surface area contributed by atoms with Crippen molar-refractivity contribution in [2.45, 2.75) is 18.8 Å². The summed E-state index contributed by atoms with van der Waals surface area (Å²) in [5.74, 6) is 0.506. The van der Waals surface area contributed by atoms with E-state index in [9.17, 15) is 4.79 Å². The average Bonchev–Trinajstić information content (AvgIpc) is 3.06. The molecule has 2 N–H and O–H groups in total. The van der Waals surface area contributed by atoms with Gasteiger partial charge in [0.2, 0.25) is 5.91 Å². The van der Waals surface area contributed by atoms with E-state index >= 15 is 0 Å². The number of hydrogen-bond acceptors (Lipinski definition) is 3. The number of amides is 1. The zero-order valence-electron chi connectivity index (χ0n) is 17.6. The fourth-order valence-electron chi connectivity index (χ4n) is 4.94. The van der Waals surface area contributed by atoms with E-state index in [1.165, 1.54) is 0 Å². The summed E-state index contributed by atoms with van der Waals surface area (Å²) in [4.78, 5) is 18.3.